The summed E-state index contributed by atoms with van der Waals surface area (Å²) < 4.78 is 17.3. The van der Waals surface area contributed by atoms with Gasteiger partial charge in [-0.25, -0.2) is 4.98 Å². The number of likely N-dealkylation sites (tertiary alicyclic amines) is 1. The van der Waals surface area contributed by atoms with Crippen molar-refractivity contribution in [2.75, 3.05) is 19.7 Å². The van der Waals surface area contributed by atoms with Crippen LogP contribution in [0.1, 0.15) is 54.8 Å². The third kappa shape index (κ3) is 6.31. The Hall–Kier alpha value is -3.12. The molecule has 4 rings (SSSR count). The molecular formula is C29H36N2O4. The summed E-state index contributed by atoms with van der Waals surface area (Å²) in [6, 6.07) is 14.6. The first kappa shape index (κ1) is 25.0. The molecule has 0 spiro atoms. The SMILES string of the molecule is CCOC(=O)C1CCCN(Cc2ccc(OCc3nc(-c4ccc(C)cc4)oc3C)c(CC)c2)C1. The first-order chi connectivity index (χ1) is 17.0. The highest BCUT2D eigenvalue weighted by molar-refractivity contribution is 5.72. The lowest BCUT2D eigenvalue weighted by Gasteiger charge is -2.31. The zero-order chi connectivity index (χ0) is 24.8. The molecule has 0 bridgehead atoms. The highest BCUT2D eigenvalue weighted by Gasteiger charge is 2.26. The van der Waals surface area contributed by atoms with Crippen LogP contribution in [0.4, 0.5) is 0 Å². The van der Waals surface area contributed by atoms with Gasteiger partial charge in [-0.2, -0.15) is 0 Å². The molecule has 0 radical (unpaired) electrons. The number of oxazole rings is 1. The predicted molar refractivity (Wildman–Crippen MR) is 136 cm³/mol. The quantitative estimate of drug-likeness (QED) is 0.360. The van der Waals surface area contributed by atoms with E-state index < -0.39 is 0 Å². The van der Waals surface area contributed by atoms with Crippen molar-refractivity contribution in [3.05, 3.63) is 70.6 Å². The van der Waals surface area contributed by atoms with Gasteiger partial charge < -0.3 is 13.9 Å². The highest BCUT2D eigenvalue weighted by Crippen LogP contribution is 2.27. The molecule has 1 fully saturated rings. The van der Waals surface area contributed by atoms with E-state index in [0.717, 1.165) is 61.7 Å². The number of aryl methyl sites for hydroxylation is 3. The van der Waals surface area contributed by atoms with Crippen molar-refractivity contribution in [2.24, 2.45) is 5.92 Å². The maximum absolute atomic E-state index is 12.2. The van der Waals surface area contributed by atoms with Crippen molar-refractivity contribution < 1.29 is 18.7 Å². The van der Waals surface area contributed by atoms with E-state index >= 15 is 0 Å². The average molecular weight is 477 g/mol. The molecule has 0 saturated carbocycles. The fourth-order valence-corrected chi connectivity index (χ4v) is 4.59. The van der Waals surface area contributed by atoms with E-state index in [-0.39, 0.29) is 11.9 Å². The normalized spacial score (nSPS) is 16.3. The summed E-state index contributed by atoms with van der Waals surface area (Å²) in [5.74, 6) is 2.18. The Morgan fingerprint density at radius 3 is 2.69 bits per heavy atom. The standard InChI is InChI=1S/C29H36N2O4/c1-5-23-16-22(17-31-15-7-8-25(18-31)29(32)33-6-2)11-14-27(23)34-19-26-21(4)35-28(30-26)24-12-9-20(3)10-13-24/h9-14,16,25H,5-8,15,17-19H2,1-4H3. The zero-order valence-corrected chi connectivity index (χ0v) is 21.3. The third-order valence-corrected chi connectivity index (χ3v) is 6.59. The Morgan fingerprint density at radius 2 is 1.94 bits per heavy atom. The van der Waals surface area contributed by atoms with E-state index in [2.05, 4.69) is 54.1 Å². The van der Waals surface area contributed by atoms with Crippen LogP contribution in [-0.4, -0.2) is 35.5 Å². The Balaban J connectivity index is 1.39. The number of aromatic nitrogens is 1. The molecule has 1 atom stereocenters. The molecule has 6 nitrogen and oxygen atoms in total. The van der Waals surface area contributed by atoms with Crippen molar-refractivity contribution in [3.63, 3.8) is 0 Å². The van der Waals surface area contributed by atoms with Crippen molar-refractivity contribution in [1.29, 1.82) is 0 Å². The molecule has 6 heteroatoms. The van der Waals surface area contributed by atoms with Crippen LogP contribution in [0.15, 0.2) is 46.9 Å². The molecule has 0 aliphatic carbocycles. The maximum atomic E-state index is 12.2. The molecule has 3 aromatic rings. The van der Waals surface area contributed by atoms with Gasteiger partial charge in [0.2, 0.25) is 5.89 Å². The zero-order valence-electron chi connectivity index (χ0n) is 21.3. The minimum Gasteiger partial charge on any atom is -0.487 e. The number of esters is 1. The highest BCUT2D eigenvalue weighted by atomic mass is 16.5. The van der Waals surface area contributed by atoms with Crippen LogP contribution in [0.5, 0.6) is 5.75 Å². The van der Waals surface area contributed by atoms with Gasteiger partial charge in [0.15, 0.2) is 0 Å². The second-order valence-electron chi connectivity index (χ2n) is 9.30. The Kier molecular flexibility index (Phi) is 8.24. The van der Waals surface area contributed by atoms with Gasteiger partial charge in [-0.3, -0.25) is 9.69 Å². The van der Waals surface area contributed by atoms with Crippen molar-refractivity contribution in [2.45, 2.75) is 60.1 Å². The van der Waals surface area contributed by atoms with Gasteiger partial charge in [-0.05, 0) is 75.9 Å². The average Bonchev–Trinajstić information content (AvgIpc) is 3.24. The summed E-state index contributed by atoms with van der Waals surface area (Å²) in [6.45, 7) is 11.4. The molecule has 1 aliphatic rings. The van der Waals surface area contributed by atoms with Crippen LogP contribution < -0.4 is 4.74 Å². The minimum atomic E-state index is -0.0659. The number of nitrogens with zero attached hydrogens (tertiary/aromatic N) is 2. The van der Waals surface area contributed by atoms with Gasteiger partial charge in [-0.1, -0.05) is 36.8 Å². The number of piperidine rings is 1. The number of rotatable bonds is 9. The molecule has 35 heavy (non-hydrogen) atoms. The van der Waals surface area contributed by atoms with E-state index in [0.29, 0.717) is 19.1 Å². The number of carbonyl (C=O) groups excluding carboxylic acids is 1. The van der Waals surface area contributed by atoms with Crippen molar-refractivity contribution >= 4 is 5.97 Å². The van der Waals surface area contributed by atoms with Gasteiger partial charge in [-0.15, -0.1) is 0 Å². The minimum absolute atomic E-state index is 0.0209. The molecule has 1 unspecified atom stereocenters. The molecule has 2 heterocycles. The number of hydrogen-bond acceptors (Lipinski definition) is 6. The predicted octanol–water partition coefficient (Wildman–Crippen LogP) is 5.87. The van der Waals surface area contributed by atoms with Crippen LogP contribution in [0, 0.1) is 19.8 Å². The fraction of sp³-hybridized carbons (Fsp3) is 0.448. The molecule has 1 saturated heterocycles. The van der Waals surface area contributed by atoms with Crippen LogP contribution >= 0.6 is 0 Å². The molecule has 0 amide bonds. The monoisotopic (exact) mass is 476 g/mol. The van der Waals surface area contributed by atoms with Crippen LogP contribution in [0.2, 0.25) is 0 Å². The Morgan fingerprint density at radius 1 is 1.14 bits per heavy atom. The van der Waals surface area contributed by atoms with E-state index in [1.165, 1.54) is 16.7 Å². The number of benzene rings is 2. The summed E-state index contributed by atoms with van der Waals surface area (Å²) in [5, 5.41) is 0. The summed E-state index contributed by atoms with van der Waals surface area (Å²) >= 11 is 0. The summed E-state index contributed by atoms with van der Waals surface area (Å²) in [5.41, 5.74) is 5.38. The first-order valence-corrected chi connectivity index (χ1v) is 12.6. The van der Waals surface area contributed by atoms with Gasteiger partial charge in [0.05, 0.1) is 12.5 Å². The molecule has 186 valence electrons. The maximum Gasteiger partial charge on any atom is 0.310 e. The summed E-state index contributed by atoms with van der Waals surface area (Å²) in [7, 11) is 0. The third-order valence-electron chi connectivity index (χ3n) is 6.59. The van der Waals surface area contributed by atoms with Gasteiger partial charge in [0, 0.05) is 18.7 Å². The lowest BCUT2D eigenvalue weighted by Crippen LogP contribution is -2.38. The lowest BCUT2D eigenvalue weighted by molar-refractivity contribution is -0.150. The largest absolute Gasteiger partial charge is 0.487 e. The van der Waals surface area contributed by atoms with Gasteiger partial charge in [0.25, 0.3) is 0 Å². The summed E-state index contributed by atoms with van der Waals surface area (Å²) in [4.78, 5) is 19.2. The second-order valence-corrected chi connectivity index (χ2v) is 9.30. The number of hydrogen-bond donors (Lipinski definition) is 0. The van der Waals surface area contributed by atoms with E-state index in [1.54, 1.807) is 0 Å². The first-order valence-electron chi connectivity index (χ1n) is 12.6. The molecule has 0 N–H and O–H groups in total. The van der Waals surface area contributed by atoms with E-state index in [9.17, 15) is 4.79 Å². The molecule has 1 aliphatic heterocycles. The topological polar surface area (TPSA) is 64.8 Å². The van der Waals surface area contributed by atoms with Gasteiger partial charge >= 0.3 is 5.97 Å². The van der Waals surface area contributed by atoms with E-state index in [1.807, 2.05) is 26.0 Å². The molecule has 2 aromatic carbocycles. The molecule has 1 aromatic heterocycles. The number of carbonyl (C=O) groups is 1. The van der Waals surface area contributed by atoms with Crippen LogP contribution in [0.3, 0.4) is 0 Å². The number of ether oxygens (including phenoxy) is 2. The smallest absolute Gasteiger partial charge is 0.310 e. The van der Waals surface area contributed by atoms with Crippen LogP contribution in [-0.2, 0) is 29.1 Å². The fourth-order valence-electron chi connectivity index (χ4n) is 4.59. The summed E-state index contributed by atoms with van der Waals surface area (Å²) in [6.07, 6.45) is 2.81. The molecular weight excluding hydrogens is 440 g/mol. The van der Waals surface area contributed by atoms with Crippen molar-refractivity contribution in [1.82, 2.24) is 9.88 Å². The Bertz CT molecular complexity index is 1140. The van der Waals surface area contributed by atoms with E-state index in [4.69, 9.17) is 13.9 Å². The van der Waals surface area contributed by atoms with Gasteiger partial charge in [0.1, 0.15) is 23.8 Å². The van der Waals surface area contributed by atoms with Crippen LogP contribution in [0.25, 0.3) is 11.5 Å². The van der Waals surface area contributed by atoms with Crippen molar-refractivity contribution in [3.8, 4) is 17.2 Å². The Labute approximate surface area is 208 Å². The second kappa shape index (κ2) is 11.5. The lowest BCUT2D eigenvalue weighted by atomic mass is 9.97.